The van der Waals surface area contributed by atoms with Crippen molar-refractivity contribution in [3.05, 3.63) is 0 Å². The van der Waals surface area contributed by atoms with Crippen molar-refractivity contribution in [3.63, 3.8) is 0 Å². The minimum Gasteiger partial charge on any atom is -0.328 e. The summed E-state index contributed by atoms with van der Waals surface area (Å²) in [5, 5.41) is 0. The minimum atomic E-state index is 0.403. The average Bonchev–Trinajstić information content (AvgIpc) is 1.61. The lowest BCUT2D eigenvalue weighted by Gasteiger charge is -1.99. The van der Waals surface area contributed by atoms with E-state index in [0.717, 1.165) is 0 Å². The summed E-state index contributed by atoms with van der Waals surface area (Å²) in [6.45, 7) is 4.23. The summed E-state index contributed by atoms with van der Waals surface area (Å²) in [5.74, 6) is 0. The van der Waals surface area contributed by atoms with Crippen LogP contribution in [0.1, 0.15) is 33.1 Å². The van der Waals surface area contributed by atoms with Gasteiger partial charge in [-0.15, -0.1) is 0 Å². The van der Waals surface area contributed by atoms with Crippen molar-refractivity contribution in [1.29, 1.82) is 0 Å². The van der Waals surface area contributed by atoms with Crippen LogP contribution in [0.2, 0.25) is 0 Å². The van der Waals surface area contributed by atoms with Crippen LogP contribution >= 0.6 is 0 Å². The van der Waals surface area contributed by atoms with Gasteiger partial charge in [-0.1, -0.05) is 19.8 Å². The van der Waals surface area contributed by atoms with Crippen LogP contribution in [0.5, 0.6) is 0 Å². The maximum absolute atomic E-state index is 5.48. The largest absolute Gasteiger partial charge is 0.328 e. The van der Waals surface area contributed by atoms with Gasteiger partial charge >= 0.3 is 0 Å². The fourth-order valence-electron chi connectivity index (χ4n) is 0.526. The Morgan fingerprint density at radius 3 is 2.29 bits per heavy atom. The molecule has 0 aromatic rings. The quantitative estimate of drug-likeness (QED) is 0.573. The molecular weight excluding hydrogens is 86.1 g/mol. The van der Waals surface area contributed by atoms with Crippen molar-refractivity contribution in [3.8, 4) is 0 Å². The second-order valence-corrected chi connectivity index (χ2v) is 2.12. The molecule has 0 bridgehead atoms. The number of rotatable bonds is 3. The maximum Gasteiger partial charge on any atom is 0.00104 e. The molecule has 0 aromatic carbocycles. The molecule has 2 N–H and O–H groups in total. The average molecular weight is 101 g/mol. The highest BCUT2D eigenvalue weighted by molar-refractivity contribution is 4.50. The Kier molecular flexibility index (Phi) is 4.10. The lowest BCUT2D eigenvalue weighted by atomic mass is 10.2. The van der Waals surface area contributed by atoms with Crippen molar-refractivity contribution in [2.75, 3.05) is 0 Å². The topological polar surface area (TPSA) is 26.0 Å². The van der Waals surface area contributed by atoms with E-state index in [9.17, 15) is 0 Å². The van der Waals surface area contributed by atoms with Gasteiger partial charge in [-0.05, 0) is 13.3 Å². The Morgan fingerprint density at radius 2 is 2.14 bits per heavy atom. The van der Waals surface area contributed by atoms with E-state index in [1.165, 1.54) is 19.3 Å². The molecule has 44 valence electrons. The molecule has 0 saturated carbocycles. The van der Waals surface area contributed by atoms with Crippen LogP contribution < -0.4 is 5.73 Å². The molecular formula is C6H15N. The van der Waals surface area contributed by atoms with Crippen LogP contribution in [0.25, 0.3) is 0 Å². The highest BCUT2D eigenvalue weighted by atomic mass is 14.6. The molecule has 0 fully saturated rings. The molecule has 0 aliphatic carbocycles. The van der Waals surface area contributed by atoms with Crippen LogP contribution in [0.15, 0.2) is 0 Å². The molecule has 0 saturated heterocycles. The van der Waals surface area contributed by atoms with Crippen molar-refractivity contribution in [2.24, 2.45) is 5.73 Å². The third-order valence-electron chi connectivity index (χ3n) is 1.01. The number of nitrogens with two attached hydrogens (primary N) is 1. The van der Waals surface area contributed by atoms with E-state index in [4.69, 9.17) is 5.73 Å². The van der Waals surface area contributed by atoms with Crippen LogP contribution in [-0.2, 0) is 0 Å². The molecule has 0 aliphatic rings. The highest BCUT2D eigenvalue weighted by Crippen LogP contribution is 1.95. The van der Waals surface area contributed by atoms with Gasteiger partial charge < -0.3 is 5.73 Å². The van der Waals surface area contributed by atoms with Crippen LogP contribution in [0.4, 0.5) is 0 Å². The Hall–Kier alpha value is -0.0400. The molecule has 0 amide bonds. The van der Waals surface area contributed by atoms with Crippen LogP contribution in [-0.4, -0.2) is 6.04 Å². The van der Waals surface area contributed by atoms with Gasteiger partial charge in [0.05, 0.1) is 0 Å². The van der Waals surface area contributed by atoms with Gasteiger partial charge in [0.25, 0.3) is 0 Å². The van der Waals surface area contributed by atoms with E-state index in [1.54, 1.807) is 0 Å². The first-order valence-electron chi connectivity index (χ1n) is 3.03. The predicted molar refractivity (Wildman–Crippen MR) is 33.2 cm³/mol. The molecule has 0 spiro atoms. The van der Waals surface area contributed by atoms with E-state index in [-0.39, 0.29) is 0 Å². The van der Waals surface area contributed by atoms with E-state index in [2.05, 4.69) is 13.8 Å². The number of hydrogen-bond acceptors (Lipinski definition) is 1. The molecule has 7 heavy (non-hydrogen) atoms. The molecule has 0 aliphatic heterocycles. The van der Waals surface area contributed by atoms with E-state index in [1.807, 2.05) is 0 Å². The van der Waals surface area contributed by atoms with Gasteiger partial charge in [0.15, 0.2) is 0 Å². The van der Waals surface area contributed by atoms with Gasteiger partial charge in [-0.25, -0.2) is 0 Å². The smallest absolute Gasteiger partial charge is 0.00104 e. The van der Waals surface area contributed by atoms with Gasteiger partial charge in [0, 0.05) is 6.04 Å². The molecule has 1 heteroatoms. The van der Waals surface area contributed by atoms with Crippen LogP contribution in [0.3, 0.4) is 0 Å². The Balaban J connectivity index is 2.68. The normalized spacial score (nSPS) is 14.1. The second-order valence-electron chi connectivity index (χ2n) is 2.12. The summed E-state index contributed by atoms with van der Waals surface area (Å²) in [5.41, 5.74) is 5.48. The lowest BCUT2D eigenvalue weighted by molar-refractivity contribution is 0.616. The van der Waals surface area contributed by atoms with Gasteiger partial charge in [-0.2, -0.15) is 0 Å². The summed E-state index contributed by atoms with van der Waals surface area (Å²) in [6.07, 6.45) is 3.72. The third-order valence-corrected chi connectivity index (χ3v) is 1.01. The molecule has 1 nitrogen and oxygen atoms in total. The zero-order valence-electron chi connectivity index (χ0n) is 5.28. The van der Waals surface area contributed by atoms with E-state index >= 15 is 0 Å². The van der Waals surface area contributed by atoms with Crippen molar-refractivity contribution >= 4 is 0 Å². The first-order valence-corrected chi connectivity index (χ1v) is 3.03. The summed E-state index contributed by atoms with van der Waals surface area (Å²) < 4.78 is 0. The van der Waals surface area contributed by atoms with Crippen molar-refractivity contribution < 1.29 is 0 Å². The molecule has 0 radical (unpaired) electrons. The van der Waals surface area contributed by atoms with Gasteiger partial charge in [0.1, 0.15) is 0 Å². The molecule has 0 rings (SSSR count). The fourth-order valence-corrected chi connectivity index (χ4v) is 0.526. The maximum atomic E-state index is 5.48. The Morgan fingerprint density at radius 1 is 1.57 bits per heavy atom. The van der Waals surface area contributed by atoms with Gasteiger partial charge in [-0.3, -0.25) is 0 Å². The minimum absolute atomic E-state index is 0.403. The summed E-state index contributed by atoms with van der Waals surface area (Å²) in [6, 6.07) is 0.403. The molecule has 0 aromatic heterocycles. The second kappa shape index (κ2) is 4.13. The highest BCUT2D eigenvalue weighted by Gasteiger charge is 1.88. The van der Waals surface area contributed by atoms with E-state index in [0.29, 0.717) is 6.04 Å². The van der Waals surface area contributed by atoms with Crippen molar-refractivity contribution in [1.82, 2.24) is 0 Å². The third kappa shape index (κ3) is 5.96. The zero-order valence-corrected chi connectivity index (χ0v) is 5.28. The van der Waals surface area contributed by atoms with Gasteiger partial charge in [0.2, 0.25) is 0 Å². The Labute approximate surface area is 45.9 Å². The first-order chi connectivity index (χ1) is 3.27. The standard InChI is InChI=1S/C6H15N/c1-3-4-5-6(2)7/h6H,3-5,7H2,1-2H3. The predicted octanol–water partition coefficient (Wildman–Crippen LogP) is 1.52. The van der Waals surface area contributed by atoms with Crippen molar-refractivity contribution in [2.45, 2.75) is 39.2 Å². The summed E-state index contributed by atoms with van der Waals surface area (Å²) in [7, 11) is 0. The first kappa shape index (κ1) is 6.96. The van der Waals surface area contributed by atoms with Crippen LogP contribution in [0, 0.1) is 0 Å². The number of unbranched alkanes of at least 4 members (excludes halogenated alkanes) is 1. The molecule has 1 atom stereocenters. The molecule has 1 unspecified atom stereocenters. The summed E-state index contributed by atoms with van der Waals surface area (Å²) >= 11 is 0. The fraction of sp³-hybridized carbons (Fsp3) is 1.00. The zero-order chi connectivity index (χ0) is 5.70. The number of hydrogen-bond donors (Lipinski definition) is 1. The Bertz CT molecular complexity index is 33.2. The SMILES string of the molecule is CCCCC(C)N. The van der Waals surface area contributed by atoms with E-state index < -0.39 is 0 Å². The molecule has 0 heterocycles. The summed E-state index contributed by atoms with van der Waals surface area (Å²) in [4.78, 5) is 0. The monoisotopic (exact) mass is 101 g/mol. The lowest BCUT2D eigenvalue weighted by Crippen LogP contribution is -2.13.